The van der Waals surface area contributed by atoms with E-state index in [1.807, 2.05) is 5.32 Å². The number of aliphatic carboxylic acids is 3. The fourth-order valence-electron chi connectivity index (χ4n) is 3.03. The van der Waals surface area contributed by atoms with Gasteiger partial charge in [-0.1, -0.05) is 0 Å². The van der Waals surface area contributed by atoms with E-state index in [4.69, 9.17) is 21.1 Å². The van der Waals surface area contributed by atoms with Gasteiger partial charge in [0.05, 0.1) is 19.1 Å². The zero-order valence-corrected chi connectivity index (χ0v) is 16.5. The van der Waals surface area contributed by atoms with Crippen LogP contribution in [-0.4, -0.2) is 98.3 Å². The summed E-state index contributed by atoms with van der Waals surface area (Å²) in [5.74, 6) is -6.75. The van der Waals surface area contributed by atoms with Crippen LogP contribution in [0.1, 0.15) is 32.1 Å². The quantitative estimate of drug-likeness (QED) is 0.157. The molecule has 1 aliphatic rings. The van der Waals surface area contributed by atoms with Crippen LogP contribution < -0.4 is 16.4 Å². The van der Waals surface area contributed by atoms with Gasteiger partial charge in [0.2, 0.25) is 17.7 Å². The van der Waals surface area contributed by atoms with E-state index in [2.05, 4.69) is 5.32 Å². The highest BCUT2D eigenvalue weighted by molar-refractivity contribution is 5.95. The molecule has 0 aromatic carbocycles. The molecular formula is C17H26N4O10. The number of likely N-dealkylation sites (tertiary alicyclic amines) is 1. The number of amides is 3. The Morgan fingerprint density at radius 3 is 2.16 bits per heavy atom. The minimum Gasteiger partial charge on any atom is -0.481 e. The van der Waals surface area contributed by atoms with Crippen molar-refractivity contribution in [1.29, 1.82) is 0 Å². The van der Waals surface area contributed by atoms with Gasteiger partial charge in [-0.3, -0.25) is 24.0 Å². The van der Waals surface area contributed by atoms with Crippen LogP contribution in [0, 0.1) is 0 Å². The average molecular weight is 446 g/mol. The zero-order valence-electron chi connectivity index (χ0n) is 16.5. The molecule has 1 fully saturated rings. The molecule has 1 heterocycles. The first-order valence-electron chi connectivity index (χ1n) is 9.42. The number of aliphatic hydroxyl groups is 1. The lowest BCUT2D eigenvalue weighted by molar-refractivity contribution is -0.147. The number of carbonyl (C=O) groups excluding carboxylic acids is 3. The third-order valence-electron chi connectivity index (χ3n) is 4.63. The lowest BCUT2D eigenvalue weighted by Gasteiger charge is -2.28. The Morgan fingerprint density at radius 1 is 1.00 bits per heavy atom. The Balaban J connectivity index is 2.78. The molecule has 0 spiro atoms. The molecule has 0 saturated carbocycles. The summed E-state index contributed by atoms with van der Waals surface area (Å²) in [6.07, 6.45) is -0.677. The van der Waals surface area contributed by atoms with Gasteiger partial charge in [0.25, 0.3) is 0 Å². The van der Waals surface area contributed by atoms with Crippen molar-refractivity contribution in [3.05, 3.63) is 0 Å². The van der Waals surface area contributed by atoms with E-state index in [9.17, 15) is 33.9 Å². The topological polar surface area (TPSA) is 237 Å². The lowest BCUT2D eigenvalue weighted by Crippen LogP contribution is -2.57. The highest BCUT2D eigenvalue weighted by Gasteiger charge is 2.38. The summed E-state index contributed by atoms with van der Waals surface area (Å²) >= 11 is 0. The summed E-state index contributed by atoms with van der Waals surface area (Å²) in [7, 11) is 0. The van der Waals surface area contributed by atoms with E-state index in [0.717, 1.165) is 0 Å². The maximum absolute atomic E-state index is 12.6. The van der Waals surface area contributed by atoms with Crippen LogP contribution in [0.2, 0.25) is 0 Å². The van der Waals surface area contributed by atoms with Gasteiger partial charge >= 0.3 is 17.9 Å². The Hall–Kier alpha value is -3.26. The fourth-order valence-corrected chi connectivity index (χ4v) is 3.03. The van der Waals surface area contributed by atoms with Crippen molar-refractivity contribution in [2.24, 2.45) is 5.73 Å². The Labute approximate surface area is 176 Å². The van der Waals surface area contributed by atoms with Crippen molar-refractivity contribution < 1.29 is 49.2 Å². The van der Waals surface area contributed by atoms with Gasteiger partial charge in [-0.2, -0.15) is 0 Å². The number of carboxylic acids is 3. The monoisotopic (exact) mass is 446 g/mol. The zero-order chi connectivity index (χ0) is 23.7. The number of nitrogens with zero attached hydrogens (tertiary/aromatic N) is 1. The number of hydrogen-bond acceptors (Lipinski definition) is 8. The number of carboxylic acid groups (broad SMARTS) is 3. The molecule has 3 amide bonds. The number of hydrogen-bond donors (Lipinski definition) is 7. The van der Waals surface area contributed by atoms with Crippen LogP contribution in [0.3, 0.4) is 0 Å². The largest absolute Gasteiger partial charge is 0.481 e. The molecule has 1 aliphatic heterocycles. The van der Waals surface area contributed by atoms with Gasteiger partial charge in [0.1, 0.15) is 18.1 Å². The summed E-state index contributed by atoms with van der Waals surface area (Å²) in [6.45, 7) is -0.719. The number of nitrogens with two attached hydrogens (primary N) is 1. The first kappa shape index (κ1) is 25.8. The summed E-state index contributed by atoms with van der Waals surface area (Å²) in [4.78, 5) is 70.8. The third kappa shape index (κ3) is 7.82. The Morgan fingerprint density at radius 2 is 1.65 bits per heavy atom. The lowest BCUT2D eigenvalue weighted by atomic mass is 10.1. The van der Waals surface area contributed by atoms with Gasteiger partial charge < -0.3 is 41.7 Å². The molecule has 0 aromatic rings. The second kappa shape index (κ2) is 11.8. The van der Waals surface area contributed by atoms with Crippen LogP contribution in [0.25, 0.3) is 0 Å². The van der Waals surface area contributed by atoms with Crippen molar-refractivity contribution in [2.45, 2.75) is 56.3 Å². The van der Waals surface area contributed by atoms with E-state index in [1.54, 1.807) is 0 Å². The van der Waals surface area contributed by atoms with E-state index in [0.29, 0.717) is 6.42 Å². The summed E-state index contributed by atoms with van der Waals surface area (Å²) in [5, 5.41) is 39.9. The molecule has 1 rings (SSSR count). The molecule has 8 N–H and O–H groups in total. The molecule has 14 nitrogen and oxygen atoms in total. The molecule has 0 aromatic heterocycles. The predicted octanol–water partition coefficient (Wildman–Crippen LogP) is -3.31. The van der Waals surface area contributed by atoms with E-state index >= 15 is 0 Å². The molecule has 4 unspecified atom stereocenters. The maximum Gasteiger partial charge on any atom is 0.326 e. The molecule has 4 atom stereocenters. The Kier molecular flexibility index (Phi) is 9.82. The SMILES string of the molecule is NC(CCC(=O)O)C(=O)N1CCCC1C(=O)NC(CO)C(=O)NC(CC(=O)O)C(=O)O. The predicted molar refractivity (Wildman–Crippen MR) is 100 cm³/mol. The summed E-state index contributed by atoms with van der Waals surface area (Å²) in [5.41, 5.74) is 5.71. The maximum atomic E-state index is 12.6. The first-order chi connectivity index (χ1) is 14.5. The average Bonchev–Trinajstić information content (AvgIpc) is 3.18. The van der Waals surface area contributed by atoms with Gasteiger partial charge in [-0.15, -0.1) is 0 Å². The first-order valence-corrected chi connectivity index (χ1v) is 9.42. The molecular weight excluding hydrogens is 420 g/mol. The fraction of sp³-hybridized carbons (Fsp3) is 0.647. The molecule has 0 bridgehead atoms. The van der Waals surface area contributed by atoms with Gasteiger partial charge in [-0.25, -0.2) is 4.79 Å². The van der Waals surface area contributed by atoms with Crippen molar-refractivity contribution in [2.75, 3.05) is 13.2 Å². The van der Waals surface area contributed by atoms with Crippen LogP contribution in [0.15, 0.2) is 0 Å². The van der Waals surface area contributed by atoms with E-state index in [1.165, 1.54) is 4.90 Å². The van der Waals surface area contributed by atoms with Gasteiger partial charge in [0, 0.05) is 13.0 Å². The number of nitrogens with one attached hydrogen (secondary N) is 2. The highest BCUT2D eigenvalue weighted by Crippen LogP contribution is 2.19. The second-order valence-corrected chi connectivity index (χ2v) is 6.97. The smallest absolute Gasteiger partial charge is 0.326 e. The number of rotatable bonds is 12. The third-order valence-corrected chi connectivity index (χ3v) is 4.63. The normalized spacial score (nSPS) is 18.5. The number of carbonyl (C=O) groups is 6. The van der Waals surface area contributed by atoms with E-state index < -0.39 is 72.8 Å². The minimum absolute atomic E-state index is 0.124. The van der Waals surface area contributed by atoms with Crippen molar-refractivity contribution in [3.8, 4) is 0 Å². The molecule has 0 radical (unpaired) electrons. The Bertz CT molecular complexity index is 728. The van der Waals surface area contributed by atoms with Gasteiger partial charge in [0.15, 0.2) is 0 Å². The van der Waals surface area contributed by atoms with Gasteiger partial charge in [-0.05, 0) is 19.3 Å². The second-order valence-electron chi connectivity index (χ2n) is 6.97. The van der Waals surface area contributed by atoms with Crippen molar-refractivity contribution in [3.63, 3.8) is 0 Å². The van der Waals surface area contributed by atoms with Crippen LogP contribution >= 0.6 is 0 Å². The van der Waals surface area contributed by atoms with Crippen LogP contribution in [-0.2, 0) is 28.8 Å². The standard InChI is InChI=1S/C17H26N4O10/c18-8(3-4-12(23)24)16(29)21-5-1-2-11(21)15(28)20-10(7-22)14(27)19-9(17(30)31)6-13(25)26/h8-11,22H,1-7,18H2,(H,19,27)(H,20,28)(H,23,24)(H,25,26)(H,30,31). The summed E-state index contributed by atoms with van der Waals surface area (Å²) in [6, 6.07) is -5.50. The number of aliphatic hydroxyl groups excluding tert-OH is 1. The van der Waals surface area contributed by atoms with E-state index in [-0.39, 0.29) is 25.8 Å². The molecule has 0 aliphatic carbocycles. The molecule has 1 saturated heterocycles. The van der Waals surface area contributed by atoms with Crippen LogP contribution in [0.4, 0.5) is 0 Å². The van der Waals surface area contributed by atoms with Crippen LogP contribution in [0.5, 0.6) is 0 Å². The molecule has 31 heavy (non-hydrogen) atoms. The van der Waals surface area contributed by atoms with Crippen molar-refractivity contribution >= 4 is 35.6 Å². The van der Waals surface area contributed by atoms with Crippen molar-refractivity contribution in [1.82, 2.24) is 15.5 Å². The molecule has 14 heteroatoms. The minimum atomic E-state index is -1.77. The summed E-state index contributed by atoms with van der Waals surface area (Å²) < 4.78 is 0. The molecule has 174 valence electrons. The highest BCUT2D eigenvalue weighted by atomic mass is 16.4.